The molecule has 0 aliphatic heterocycles. The van der Waals surface area contributed by atoms with Crippen molar-refractivity contribution in [3.8, 4) is 0 Å². The zero-order valence-corrected chi connectivity index (χ0v) is 13.1. The van der Waals surface area contributed by atoms with Crippen LogP contribution in [-0.2, 0) is 4.33 Å². The maximum atomic E-state index is 6.06. The molecule has 0 atom stereocenters. The largest absolute Gasteiger partial charge is 0.227 e. The van der Waals surface area contributed by atoms with Crippen LogP contribution in [0.2, 0.25) is 0 Å². The molecule has 0 aliphatic rings. The smallest absolute Gasteiger partial charge is 0.0915 e. The standard InChI is InChI=1S/C12H12Cl5/c1-8(2)7-9-3-5-10(6-4-9)11(13,14)12(15,16)17/h3-8H,1-2H3. The van der Waals surface area contributed by atoms with Crippen LogP contribution in [0.15, 0.2) is 24.3 Å². The number of hydrogen-bond donors (Lipinski definition) is 0. The number of hydrogen-bond acceptors (Lipinski definition) is 0. The molecule has 95 valence electrons. The molecule has 0 spiro atoms. The summed E-state index contributed by atoms with van der Waals surface area (Å²) in [5.41, 5.74) is 1.64. The molecule has 1 aromatic carbocycles. The van der Waals surface area contributed by atoms with Gasteiger partial charge >= 0.3 is 0 Å². The first-order valence-corrected chi connectivity index (χ1v) is 6.93. The monoisotopic (exact) mass is 331 g/mol. The molecule has 0 unspecified atom stereocenters. The molecule has 0 saturated carbocycles. The first-order valence-electron chi connectivity index (χ1n) is 5.04. The van der Waals surface area contributed by atoms with E-state index in [0.717, 1.165) is 5.56 Å². The summed E-state index contributed by atoms with van der Waals surface area (Å²) < 4.78 is -3.34. The maximum Gasteiger partial charge on any atom is 0.227 e. The van der Waals surface area contributed by atoms with Crippen molar-refractivity contribution in [3.63, 3.8) is 0 Å². The van der Waals surface area contributed by atoms with Crippen LogP contribution in [-0.4, -0.2) is 3.79 Å². The summed E-state index contributed by atoms with van der Waals surface area (Å²) in [7, 11) is 0. The normalized spacial score (nSPS) is 13.2. The summed E-state index contributed by atoms with van der Waals surface area (Å²) in [4.78, 5) is 0. The molecule has 0 bridgehead atoms. The van der Waals surface area contributed by atoms with Crippen molar-refractivity contribution in [1.82, 2.24) is 0 Å². The van der Waals surface area contributed by atoms with Crippen molar-refractivity contribution in [3.05, 3.63) is 41.8 Å². The molecule has 0 aliphatic carbocycles. The van der Waals surface area contributed by atoms with Crippen molar-refractivity contribution >= 4 is 58.0 Å². The summed E-state index contributed by atoms with van der Waals surface area (Å²) >= 11 is 29.3. The predicted octanol–water partition coefficient (Wildman–Crippen LogP) is 5.90. The molecule has 0 aromatic heterocycles. The van der Waals surface area contributed by atoms with Crippen molar-refractivity contribution in [2.45, 2.75) is 22.0 Å². The average molecular weight is 333 g/mol. The molecule has 0 saturated heterocycles. The number of benzene rings is 1. The van der Waals surface area contributed by atoms with Gasteiger partial charge in [-0.15, -0.1) is 0 Å². The second-order valence-corrected chi connectivity index (χ2v) is 7.71. The van der Waals surface area contributed by atoms with E-state index >= 15 is 0 Å². The van der Waals surface area contributed by atoms with Gasteiger partial charge < -0.3 is 0 Å². The average Bonchev–Trinajstić information content (AvgIpc) is 2.15. The van der Waals surface area contributed by atoms with Crippen LogP contribution in [0.1, 0.15) is 25.0 Å². The Morgan fingerprint density at radius 2 is 1.41 bits per heavy atom. The molecular weight excluding hydrogens is 321 g/mol. The number of alkyl halides is 5. The highest BCUT2D eigenvalue weighted by Gasteiger charge is 2.47. The van der Waals surface area contributed by atoms with Gasteiger partial charge in [-0.2, -0.15) is 0 Å². The quantitative estimate of drug-likeness (QED) is 0.605. The highest BCUT2D eigenvalue weighted by atomic mass is 35.6. The van der Waals surface area contributed by atoms with Gasteiger partial charge in [0, 0.05) is 0 Å². The Bertz CT molecular complexity index is 361. The van der Waals surface area contributed by atoms with Gasteiger partial charge in [-0.3, -0.25) is 0 Å². The summed E-state index contributed by atoms with van der Waals surface area (Å²) in [5, 5.41) is 0. The Balaban J connectivity index is 2.95. The van der Waals surface area contributed by atoms with Crippen LogP contribution in [0.4, 0.5) is 0 Å². The lowest BCUT2D eigenvalue weighted by molar-refractivity contribution is 0.776. The van der Waals surface area contributed by atoms with Gasteiger partial charge in [0.2, 0.25) is 3.79 Å². The van der Waals surface area contributed by atoms with Crippen molar-refractivity contribution < 1.29 is 0 Å². The van der Waals surface area contributed by atoms with Crippen LogP contribution < -0.4 is 0 Å². The van der Waals surface area contributed by atoms with E-state index in [1.165, 1.54) is 0 Å². The van der Waals surface area contributed by atoms with Crippen molar-refractivity contribution in [1.29, 1.82) is 0 Å². The molecule has 1 radical (unpaired) electrons. The Hall–Kier alpha value is 0.670. The van der Waals surface area contributed by atoms with Crippen molar-refractivity contribution in [2.75, 3.05) is 0 Å². The third kappa shape index (κ3) is 4.08. The minimum absolute atomic E-state index is 0.464. The van der Waals surface area contributed by atoms with E-state index in [4.69, 9.17) is 58.0 Å². The van der Waals surface area contributed by atoms with E-state index in [1.54, 1.807) is 12.1 Å². The number of halogens is 5. The maximum absolute atomic E-state index is 6.06. The fraction of sp³-hybridized carbons (Fsp3) is 0.417. The van der Waals surface area contributed by atoms with Crippen LogP contribution in [0.5, 0.6) is 0 Å². The van der Waals surface area contributed by atoms with Crippen molar-refractivity contribution in [2.24, 2.45) is 5.92 Å². The summed E-state index contributed by atoms with van der Waals surface area (Å²) in [6, 6.07) is 7.31. The van der Waals surface area contributed by atoms with Gasteiger partial charge in [-0.1, -0.05) is 96.1 Å². The fourth-order valence-corrected chi connectivity index (χ4v) is 1.93. The molecule has 0 fully saturated rings. The first-order chi connectivity index (χ1) is 7.64. The second-order valence-electron chi connectivity index (χ2n) is 4.10. The zero-order valence-electron chi connectivity index (χ0n) is 9.35. The molecule has 0 nitrogen and oxygen atoms in total. The molecule has 0 N–H and O–H groups in total. The van der Waals surface area contributed by atoms with E-state index in [2.05, 4.69) is 20.3 Å². The topological polar surface area (TPSA) is 0 Å². The van der Waals surface area contributed by atoms with Crippen LogP contribution in [0, 0.1) is 12.3 Å². The third-order valence-corrected chi connectivity index (χ3v) is 4.59. The Kier molecular flexibility index (Phi) is 5.32. The van der Waals surface area contributed by atoms with Crippen LogP contribution >= 0.6 is 58.0 Å². The SMILES string of the molecule is CC(C)[CH]c1ccc(C(Cl)(Cl)C(Cl)(Cl)Cl)cc1. The molecule has 1 rings (SSSR count). The van der Waals surface area contributed by atoms with E-state index < -0.39 is 8.13 Å². The Labute approximate surface area is 127 Å². The molecule has 5 heteroatoms. The van der Waals surface area contributed by atoms with Gasteiger partial charge in [-0.05, 0) is 23.5 Å². The Morgan fingerprint density at radius 3 is 1.76 bits per heavy atom. The van der Waals surface area contributed by atoms with Gasteiger partial charge in [0.15, 0.2) is 4.33 Å². The van der Waals surface area contributed by atoms with Gasteiger partial charge in [-0.25, -0.2) is 0 Å². The Morgan fingerprint density at radius 1 is 0.941 bits per heavy atom. The summed E-state index contributed by atoms with van der Waals surface area (Å²) in [6.07, 6.45) is 2.11. The minimum Gasteiger partial charge on any atom is -0.0915 e. The van der Waals surface area contributed by atoms with Crippen LogP contribution in [0.3, 0.4) is 0 Å². The van der Waals surface area contributed by atoms with E-state index in [0.29, 0.717) is 11.5 Å². The molecule has 0 amide bonds. The zero-order chi connectivity index (χ0) is 13.3. The van der Waals surface area contributed by atoms with E-state index in [9.17, 15) is 0 Å². The highest BCUT2D eigenvalue weighted by molar-refractivity contribution is 6.75. The summed E-state index contributed by atoms with van der Waals surface area (Å²) in [5.74, 6) is 0.464. The second kappa shape index (κ2) is 5.75. The predicted molar refractivity (Wildman–Crippen MR) is 78.4 cm³/mol. The lowest BCUT2D eigenvalue weighted by atomic mass is 10.0. The third-order valence-electron chi connectivity index (χ3n) is 2.16. The molecule has 17 heavy (non-hydrogen) atoms. The summed E-state index contributed by atoms with van der Waals surface area (Å²) in [6.45, 7) is 4.20. The van der Waals surface area contributed by atoms with Gasteiger partial charge in [0.25, 0.3) is 0 Å². The van der Waals surface area contributed by atoms with E-state index in [-0.39, 0.29) is 0 Å². The minimum atomic E-state index is -1.78. The lowest BCUT2D eigenvalue weighted by Gasteiger charge is -2.27. The highest BCUT2D eigenvalue weighted by Crippen LogP contribution is 2.52. The van der Waals surface area contributed by atoms with E-state index in [1.807, 2.05) is 12.1 Å². The van der Waals surface area contributed by atoms with Crippen LogP contribution in [0.25, 0.3) is 0 Å². The van der Waals surface area contributed by atoms with Gasteiger partial charge in [0.05, 0.1) is 0 Å². The number of rotatable bonds is 3. The molecule has 1 aromatic rings. The molecule has 0 heterocycles. The fourth-order valence-electron chi connectivity index (χ4n) is 1.35. The van der Waals surface area contributed by atoms with Gasteiger partial charge in [0.1, 0.15) is 0 Å². The molecular formula is C12H12Cl5. The lowest BCUT2D eigenvalue weighted by Crippen LogP contribution is -2.28. The first kappa shape index (κ1) is 15.7.